The van der Waals surface area contributed by atoms with E-state index in [-0.39, 0.29) is 50.3 Å². The third kappa shape index (κ3) is 7.85. The van der Waals surface area contributed by atoms with E-state index >= 15 is 0 Å². The third-order valence-electron chi connectivity index (χ3n) is 5.74. The van der Waals surface area contributed by atoms with Crippen molar-refractivity contribution in [3.63, 3.8) is 0 Å². The molecule has 2 amide bonds. The lowest BCUT2D eigenvalue weighted by molar-refractivity contribution is -0.150. The number of amides is 2. The molecular formula is C27H32N2O5. The summed E-state index contributed by atoms with van der Waals surface area (Å²) >= 11 is 0. The van der Waals surface area contributed by atoms with E-state index in [1.165, 1.54) is 0 Å². The quantitative estimate of drug-likeness (QED) is 0.485. The summed E-state index contributed by atoms with van der Waals surface area (Å²) in [7, 11) is 0. The first-order chi connectivity index (χ1) is 16.6. The van der Waals surface area contributed by atoms with Crippen LogP contribution in [0.5, 0.6) is 0 Å². The molecule has 0 spiro atoms. The number of allylic oxidation sites excluding steroid dienone is 2. The molecule has 3 rings (SSSR count). The second kappa shape index (κ2) is 13.3. The lowest BCUT2D eigenvalue weighted by atomic mass is 9.98. The summed E-state index contributed by atoms with van der Waals surface area (Å²) in [6.45, 7) is 0.549. The lowest BCUT2D eigenvalue weighted by Crippen LogP contribution is -2.39. The molecule has 0 bridgehead atoms. The number of ether oxygens (including phenoxy) is 1. The van der Waals surface area contributed by atoms with Gasteiger partial charge < -0.3 is 20.1 Å². The molecule has 0 saturated carbocycles. The van der Waals surface area contributed by atoms with Crippen molar-refractivity contribution in [3.05, 3.63) is 83.9 Å². The van der Waals surface area contributed by atoms with E-state index in [1.54, 1.807) is 4.90 Å². The van der Waals surface area contributed by atoms with E-state index in [0.717, 1.165) is 11.1 Å². The fraction of sp³-hybridized carbons (Fsp3) is 0.370. The summed E-state index contributed by atoms with van der Waals surface area (Å²) in [4.78, 5) is 40.0. The molecule has 0 saturated heterocycles. The van der Waals surface area contributed by atoms with Gasteiger partial charge in [-0.2, -0.15) is 0 Å². The first-order valence-electron chi connectivity index (χ1n) is 11.7. The number of cyclic esters (lactones) is 1. The Morgan fingerprint density at radius 1 is 1.03 bits per heavy atom. The van der Waals surface area contributed by atoms with Crippen LogP contribution in [0.3, 0.4) is 0 Å². The average molecular weight is 465 g/mol. The number of carbonyl (C=O) groups excluding carboxylic acids is 3. The Kier molecular flexibility index (Phi) is 9.85. The SMILES string of the molecule is O=C1CCC=CC[C@H](CC(=O)N(CCO)Cc2ccccc2)C(=O)NC[C@@H](c2ccccc2)O1. The molecule has 0 fully saturated rings. The third-order valence-corrected chi connectivity index (χ3v) is 5.74. The number of benzene rings is 2. The molecule has 34 heavy (non-hydrogen) atoms. The van der Waals surface area contributed by atoms with Gasteiger partial charge in [0.1, 0.15) is 6.10 Å². The van der Waals surface area contributed by atoms with Gasteiger partial charge in [-0.3, -0.25) is 14.4 Å². The minimum absolute atomic E-state index is 0.0266. The number of hydrogen-bond donors (Lipinski definition) is 2. The average Bonchev–Trinajstić information content (AvgIpc) is 2.85. The van der Waals surface area contributed by atoms with Crippen LogP contribution >= 0.6 is 0 Å². The number of nitrogens with zero attached hydrogens (tertiary/aromatic N) is 1. The summed E-state index contributed by atoms with van der Waals surface area (Å²) < 4.78 is 5.62. The number of aliphatic hydroxyl groups excluding tert-OH is 1. The Hall–Kier alpha value is -3.45. The van der Waals surface area contributed by atoms with E-state index < -0.39 is 12.0 Å². The number of hydrogen-bond acceptors (Lipinski definition) is 5. The second-order valence-corrected chi connectivity index (χ2v) is 8.31. The maximum Gasteiger partial charge on any atom is 0.306 e. The first kappa shape index (κ1) is 25.2. The summed E-state index contributed by atoms with van der Waals surface area (Å²) in [6, 6.07) is 18.8. The maximum atomic E-state index is 13.1. The Balaban J connectivity index is 1.71. The van der Waals surface area contributed by atoms with Crippen molar-refractivity contribution in [2.24, 2.45) is 5.92 Å². The molecule has 0 radical (unpaired) electrons. The summed E-state index contributed by atoms with van der Waals surface area (Å²) in [6.07, 6.45) is 4.27. The highest BCUT2D eigenvalue weighted by molar-refractivity contribution is 5.86. The summed E-state index contributed by atoms with van der Waals surface area (Å²) in [5.41, 5.74) is 1.76. The normalized spacial score (nSPS) is 19.3. The fourth-order valence-electron chi connectivity index (χ4n) is 3.87. The van der Waals surface area contributed by atoms with Crippen molar-refractivity contribution in [1.29, 1.82) is 0 Å². The molecule has 7 heteroatoms. The van der Waals surface area contributed by atoms with Crippen LogP contribution in [-0.2, 0) is 25.7 Å². The van der Waals surface area contributed by atoms with E-state index in [9.17, 15) is 19.5 Å². The molecule has 2 atom stereocenters. The maximum absolute atomic E-state index is 13.1. The lowest BCUT2D eigenvalue weighted by Gasteiger charge is -2.25. The first-order valence-corrected chi connectivity index (χ1v) is 11.7. The topological polar surface area (TPSA) is 95.9 Å². The fourth-order valence-corrected chi connectivity index (χ4v) is 3.87. The van der Waals surface area contributed by atoms with E-state index in [1.807, 2.05) is 72.8 Å². The smallest absolute Gasteiger partial charge is 0.306 e. The van der Waals surface area contributed by atoms with Crippen LogP contribution in [0.15, 0.2) is 72.8 Å². The number of carbonyl (C=O) groups is 3. The zero-order valence-corrected chi connectivity index (χ0v) is 19.3. The van der Waals surface area contributed by atoms with Crippen molar-refractivity contribution in [1.82, 2.24) is 10.2 Å². The summed E-state index contributed by atoms with van der Waals surface area (Å²) in [5.74, 6) is -1.34. The van der Waals surface area contributed by atoms with Crippen LogP contribution < -0.4 is 5.32 Å². The van der Waals surface area contributed by atoms with Crippen LogP contribution in [0.25, 0.3) is 0 Å². The Labute approximate surface area is 200 Å². The molecular weight excluding hydrogens is 432 g/mol. The molecule has 2 aromatic rings. The van der Waals surface area contributed by atoms with E-state index in [2.05, 4.69) is 5.32 Å². The largest absolute Gasteiger partial charge is 0.456 e. The van der Waals surface area contributed by atoms with Gasteiger partial charge in [-0.15, -0.1) is 0 Å². The van der Waals surface area contributed by atoms with Gasteiger partial charge in [0.05, 0.1) is 19.1 Å². The standard InChI is InChI=1S/C27H32N2O5/c30-17-16-29(20-21-10-4-1-5-11-21)25(31)18-23-14-8-3-9-15-26(32)34-24(19-28-27(23)33)22-12-6-2-7-13-22/h1-8,10-13,23-24,30H,9,14-20H2,(H,28,33)/t23-,24+/m1/s1. The van der Waals surface area contributed by atoms with Gasteiger partial charge in [0.25, 0.3) is 0 Å². The highest BCUT2D eigenvalue weighted by Gasteiger charge is 2.26. The van der Waals surface area contributed by atoms with Crippen LogP contribution in [-0.4, -0.2) is 47.5 Å². The number of nitrogens with one attached hydrogen (secondary N) is 1. The van der Waals surface area contributed by atoms with Crippen LogP contribution in [0, 0.1) is 5.92 Å². The Morgan fingerprint density at radius 2 is 1.74 bits per heavy atom. The highest BCUT2D eigenvalue weighted by atomic mass is 16.5. The predicted octanol–water partition coefficient (Wildman–Crippen LogP) is 3.15. The number of rotatable bonds is 7. The number of aliphatic hydroxyl groups is 1. The molecule has 0 aliphatic carbocycles. The molecule has 2 N–H and O–H groups in total. The van der Waals surface area contributed by atoms with Crippen molar-refractivity contribution < 1.29 is 24.2 Å². The second-order valence-electron chi connectivity index (χ2n) is 8.31. The molecule has 2 aromatic carbocycles. The molecule has 7 nitrogen and oxygen atoms in total. The monoisotopic (exact) mass is 464 g/mol. The molecule has 180 valence electrons. The minimum Gasteiger partial charge on any atom is -0.456 e. The predicted molar refractivity (Wildman–Crippen MR) is 128 cm³/mol. The minimum atomic E-state index is -0.596. The van der Waals surface area contributed by atoms with Gasteiger partial charge in [-0.25, -0.2) is 0 Å². The zero-order valence-electron chi connectivity index (χ0n) is 19.3. The van der Waals surface area contributed by atoms with Gasteiger partial charge in [0, 0.05) is 25.9 Å². The van der Waals surface area contributed by atoms with Gasteiger partial charge in [-0.05, 0) is 24.0 Å². The molecule has 0 aromatic heterocycles. The molecule has 0 unspecified atom stereocenters. The Bertz CT molecular complexity index is 962. The van der Waals surface area contributed by atoms with Crippen LogP contribution in [0.4, 0.5) is 0 Å². The van der Waals surface area contributed by atoms with Crippen molar-refractivity contribution >= 4 is 17.8 Å². The van der Waals surface area contributed by atoms with Crippen molar-refractivity contribution in [2.45, 2.75) is 38.3 Å². The summed E-state index contributed by atoms with van der Waals surface area (Å²) in [5, 5.41) is 12.3. The van der Waals surface area contributed by atoms with Crippen molar-refractivity contribution in [2.75, 3.05) is 19.7 Å². The van der Waals surface area contributed by atoms with Gasteiger partial charge in [0.15, 0.2) is 0 Å². The molecule has 1 aliphatic rings. The molecule has 1 heterocycles. The Morgan fingerprint density at radius 3 is 2.44 bits per heavy atom. The van der Waals surface area contributed by atoms with Gasteiger partial charge in [0.2, 0.25) is 11.8 Å². The molecule has 1 aliphatic heterocycles. The van der Waals surface area contributed by atoms with E-state index in [4.69, 9.17) is 4.74 Å². The zero-order chi connectivity index (χ0) is 24.2. The van der Waals surface area contributed by atoms with Gasteiger partial charge in [-0.1, -0.05) is 72.8 Å². The van der Waals surface area contributed by atoms with E-state index in [0.29, 0.717) is 19.4 Å². The van der Waals surface area contributed by atoms with Gasteiger partial charge >= 0.3 is 5.97 Å². The van der Waals surface area contributed by atoms with Crippen molar-refractivity contribution in [3.8, 4) is 0 Å². The highest BCUT2D eigenvalue weighted by Crippen LogP contribution is 2.20. The number of esters is 1. The van der Waals surface area contributed by atoms with Crippen LogP contribution in [0.2, 0.25) is 0 Å². The van der Waals surface area contributed by atoms with Crippen LogP contribution in [0.1, 0.15) is 42.9 Å².